The molecule has 3 nitrogen and oxygen atoms in total. The van der Waals surface area contributed by atoms with Gasteiger partial charge in [-0.2, -0.15) is 5.26 Å². The Bertz CT molecular complexity index is 512. The van der Waals surface area contributed by atoms with E-state index in [1.807, 2.05) is 6.07 Å². The maximum Gasteiger partial charge on any atom is 0.201 e. The fourth-order valence-electron chi connectivity index (χ4n) is 1.13. The smallest absolute Gasteiger partial charge is 0.201 e. The van der Waals surface area contributed by atoms with Crippen LogP contribution >= 0.6 is 27.5 Å². The van der Waals surface area contributed by atoms with Crippen molar-refractivity contribution < 1.29 is 0 Å². The van der Waals surface area contributed by atoms with Crippen LogP contribution in [0.2, 0.25) is 5.28 Å². The predicted octanol–water partition coefficient (Wildman–Crippen LogP) is 2.85. The minimum atomic E-state index is 0.296. The highest BCUT2D eigenvalue weighted by atomic mass is 79.9. The quantitative estimate of drug-likeness (QED) is 0.788. The fourth-order valence-corrected chi connectivity index (χ4v) is 1.72. The number of aromatic nitrogens is 2. The van der Waals surface area contributed by atoms with Crippen LogP contribution in [0.25, 0.3) is 11.0 Å². The molecule has 2 rings (SSSR count). The second kappa shape index (κ2) is 3.02. The number of benzene rings is 1. The molecule has 2 aromatic rings. The molecule has 1 aromatic heterocycles. The molecule has 13 heavy (non-hydrogen) atoms. The molecule has 1 heterocycles. The average molecular weight is 256 g/mol. The molecule has 0 fully saturated rings. The Morgan fingerprint density at radius 2 is 2.31 bits per heavy atom. The van der Waals surface area contributed by atoms with E-state index in [4.69, 9.17) is 16.9 Å². The SMILES string of the molecule is N#Cc1c(Br)ccc2[nH]c(Cl)nc12. The number of nitrogens with zero attached hydrogens (tertiary/aromatic N) is 2. The molecule has 1 N–H and O–H groups in total. The highest BCUT2D eigenvalue weighted by Crippen LogP contribution is 2.25. The van der Waals surface area contributed by atoms with E-state index in [0.29, 0.717) is 16.4 Å². The Kier molecular flexibility index (Phi) is 1.98. The van der Waals surface area contributed by atoms with E-state index in [0.717, 1.165) is 9.99 Å². The number of imidazole rings is 1. The molecule has 0 aliphatic heterocycles. The second-order valence-electron chi connectivity index (χ2n) is 2.46. The summed E-state index contributed by atoms with van der Waals surface area (Å²) in [5.41, 5.74) is 1.87. The van der Waals surface area contributed by atoms with Gasteiger partial charge in [0.25, 0.3) is 0 Å². The number of fused-ring (bicyclic) bond motifs is 1. The van der Waals surface area contributed by atoms with Crippen LogP contribution in [0.4, 0.5) is 0 Å². The molecule has 64 valence electrons. The Morgan fingerprint density at radius 1 is 1.54 bits per heavy atom. The summed E-state index contributed by atoms with van der Waals surface area (Å²) in [6.07, 6.45) is 0. The van der Waals surface area contributed by atoms with Gasteiger partial charge in [-0.1, -0.05) is 0 Å². The van der Waals surface area contributed by atoms with Crippen molar-refractivity contribution in [1.82, 2.24) is 9.97 Å². The lowest BCUT2D eigenvalue weighted by Gasteiger charge is -1.93. The highest BCUT2D eigenvalue weighted by molar-refractivity contribution is 9.10. The summed E-state index contributed by atoms with van der Waals surface area (Å²) in [5.74, 6) is 0. The first kappa shape index (κ1) is 8.54. The van der Waals surface area contributed by atoms with Crippen LogP contribution in [0.15, 0.2) is 16.6 Å². The normalized spacial score (nSPS) is 10.2. The molecule has 1 aromatic carbocycles. The van der Waals surface area contributed by atoms with Crippen LogP contribution in [-0.4, -0.2) is 9.97 Å². The highest BCUT2D eigenvalue weighted by Gasteiger charge is 2.08. The molecule has 0 saturated carbocycles. The number of hydrogen-bond donors (Lipinski definition) is 1. The molecule has 0 saturated heterocycles. The molecule has 0 atom stereocenters. The molecule has 0 aliphatic carbocycles. The van der Waals surface area contributed by atoms with E-state index in [1.165, 1.54) is 0 Å². The third-order valence-corrected chi connectivity index (χ3v) is 2.53. The zero-order valence-corrected chi connectivity index (χ0v) is 8.65. The monoisotopic (exact) mass is 255 g/mol. The minimum Gasteiger partial charge on any atom is -0.329 e. The first-order chi connectivity index (χ1) is 6.22. The van der Waals surface area contributed by atoms with Crippen LogP contribution < -0.4 is 0 Å². The third-order valence-electron chi connectivity index (χ3n) is 1.69. The summed E-state index contributed by atoms with van der Waals surface area (Å²) in [6.45, 7) is 0. The first-order valence-corrected chi connectivity index (χ1v) is 4.63. The molecule has 0 radical (unpaired) electrons. The summed E-state index contributed by atoms with van der Waals surface area (Å²) in [4.78, 5) is 6.84. The minimum absolute atomic E-state index is 0.296. The summed E-state index contributed by atoms with van der Waals surface area (Å²) >= 11 is 8.94. The predicted molar refractivity (Wildman–Crippen MR) is 53.5 cm³/mol. The summed E-state index contributed by atoms with van der Waals surface area (Å²) in [7, 11) is 0. The van der Waals surface area contributed by atoms with Gasteiger partial charge in [-0.05, 0) is 39.7 Å². The van der Waals surface area contributed by atoms with Crippen LogP contribution in [0.5, 0.6) is 0 Å². The zero-order chi connectivity index (χ0) is 9.42. The van der Waals surface area contributed by atoms with Gasteiger partial charge in [-0.3, -0.25) is 0 Å². The lowest BCUT2D eigenvalue weighted by Crippen LogP contribution is -1.80. The van der Waals surface area contributed by atoms with Gasteiger partial charge in [0.2, 0.25) is 5.28 Å². The van der Waals surface area contributed by atoms with E-state index in [1.54, 1.807) is 6.07 Å². The van der Waals surface area contributed by atoms with Crippen molar-refractivity contribution in [3.8, 4) is 6.07 Å². The molecular formula is C8H3BrClN3. The van der Waals surface area contributed by atoms with Crippen molar-refractivity contribution in [3.05, 3.63) is 27.5 Å². The molecule has 0 spiro atoms. The topological polar surface area (TPSA) is 52.5 Å². The van der Waals surface area contributed by atoms with E-state index in [9.17, 15) is 0 Å². The average Bonchev–Trinajstić information content (AvgIpc) is 2.45. The van der Waals surface area contributed by atoms with Gasteiger partial charge in [-0.25, -0.2) is 4.98 Å². The summed E-state index contributed by atoms with van der Waals surface area (Å²) in [6, 6.07) is 5.67. The van der Waals surface area contributed by atoms with Gasteiger partial charge in [0.15, 0.2) is 0 Å². The number of H-pyrrole nitrogens is 1. The van der Waals surface area contributed by atoms with Crippen LogP contribution in [0, 0.1) is 11.3 Å². The largest absolute Gasteiger partial charge is 0.329 e. The van der Waals surface area contributed by atoms with Gasteiger partial charge in [0.05, 0.1) is 11.1 Å². The number of hydrogen-bond acceptors (Lipinski definition) is 2. The van der Waals surface area contributed by atoms with Gasteiger partial charge < -0.3 is 4.98 Å². The van der Waals surface area contributed by atoms with Gasteiger partial charge in [-0.15, -0.1) is 0 Å². The molecular weight excluding hydrogens is 253 g/mol. The number of aromatic amines is 1. The Labute approximate surface area is 87.5 Å². The van der Waals surface area contributed by atoms with Gasteiger partial charge in [0, 0.05) is 4.47 Å². The van der Waals surface area contributed by atoms with E-state index in [2.05, 4.69) is 32.0 Å². The number of rotatable bonds is 0. The standard InChI is InChI=1S/C8H3BrClN3/c9-5-1-2-6-7(4(5)3-11)13-8(10)12-6/h1-2H,(H,12,13). The summed E-state index contributed by atoms with van der Waals surface area (Å²) in [5, 5.41) is 9.14. The van der Waals surface area contributed by atoms with Crippen LogP contribution in [0.1, 0.15) is 5.56 Å². The summed E-state index contributed by atoms with van der Waals surface area (Å²) < 4.78 is 0.727. The van der Waals surface area contributed by atoms with Crippen molar-refractivity contribution in [1.29, 1.82) is 5.26 Å². The Hall–Kier alpha value is -1.05. The second-order valence-corrected chi connectivity index (χ2v) is 3.67. The molecule has 5 heteroatoms. The zero-order valence-electron chi connectivity index (χ0n) is 6.31. The Morgan fingerprint density at radius 3 is 3.00 bits per heavy atom. The lowest BCUT2D eigenvalue weighted by molar-refractivity contribution is 1.34. The van der Waals surface area contributed by atoms with Crippen molar-refractivity contribution in [3.63, 3.8) is 0 Å². The first-order valence-electron chi connectivity index (χ1n) is 3.46. The number of nitrogens with one attached hydrogen (secondary N) is 1. The van der Waals surface area contributed by atoms with E-state index >= 15 is 0 Å². The van der Waals surface area contributed by atoms with Gasteiger partial charge in [0.1, 0.15) is 11.6 Å². The van der Waals surface area contributed by atoms with Gasteiger partial charge >= 0.3 is 0 Å². The van der Waals surface area contributed by atoms with E-state index < -0.39 is 0 Å². The van der Waals surface area contributed by atoms with E-state index in [-0.39, 0.29) is 0 Å². The number of nitriles is 1. The Balaban J connectivity index is 2.93. The maximum atomic E-state index is 8.85. The molecule has 0 unspecified atom stereocenters. The number of halogens is 2. The fraction of sp³-hybridized carbons (Fsp3) is 0. The molecule has 0 bridgehead atoms. The van der Waals surface area contributed by atoms with Crippen LogP contribution in [-0.2, 0) is 0 Å². The van der Waals surface area contributed by atoms with Crippen molar-refractivity contribution in [2.45, 2.75) is 0 Å². The van der Waals surface area contributed by atoms with Crippen LogP contribution in [0.3, 0.4) is 0 Å². The van der Waals surface area contributed by atoms with Crippen molar-refractivity contribution in [2.24, 2.45) is 0 Å². The van der Waals surface area contributed by atoms with Crippen molar-refractivity contribution >= 4 is 38.6 Å². The maximum absolute atomic E-state index is 8.85. The third kappa shape index (κ3) is 1.30. The lowest BCUT2D eigenvalue weighted by atomic mass is 10.2. The molecule has 0 amide bonds. The van der Waals surface area contributed by atoms with Crippen molar-refractivity contribution in [2.75, 3.05) is 0 Å². The molecule has 0 aliphatic rings.